The third-order valence-electron chi connectivity index (χ3n) is 5.02. The maximum absolute atomic E-state index is 13.0. The molecule has 6 nitrogen and oxygen atoms in total. The van der Waals surface area contributed by atoms with Gasteiger partial charge in [0.05, 0.1) is 11.8 Å². The van der Waals surface area contributed by atoms with Crippen LogP contribution in [-0.4, -0.2) is 28.7 Å². The average Bonchev–Trinajstić information content (AvgIpc) is 3.48. The van der Waals surface area contributed by atoms with Gasteiger partial charge in [-0.1, -0.05) is 30.3 Å². The van der Waals surface area contributed by atoms with Crippen molar-refractivity contribution in [3.63, 3.8) is 0 Å². The smallest absolute Gasteiger partial charge is 0.228 e. The molecule has 1 aliphatic carbocycles. The van der Waals surface area contributed by atoms with Crippen LogP contribution in [0.4, 0.5) is 11.4 Å². The molecule has 2 unspecified atom stereocenters. The highest BCUT2D eigenvalue weighted by atomic mass is 16.2. The lowest BCUT2D eigenvalue weighted by molar-refractivity contribution is -0.136. The molecule has 29 heavy (non-hydrogen) atoms. The van der Waals surface area contributed by atoms with Crippen LogP contribution in [0.5, 0.6) is 0 Å². The molecule has 0 saturated heterocycles. The predicted octanol–water partition coefficient (Wildman–Crippen LogP) is 3.66. The van der Waals surface area contributed by atoms with Crippen LogP contribution in [0.1, 0.15) is 32.8 Å². The molecule has 1 saturated carbocycles. The molecule has 0 radical (unpaired) electrons. The van der Waals surface area contributed by atoms with E-state index in [4.69, 9.17) is 0 Å². The number of rotatable bonds is 7. The van der Waals surface area contributed by atoms with Crippen LogP contribution < -0.4 is 10.6 Å². The lowest BCUT2D eigenvalue weighted by Crippen LogP contribution is -2.38. The number of nitrogens with one attached hydrogen (secondary N) is 2. The monoisotopic (exact) mass is 393 g/mol. The zero-order valence-electron chi connectivity index (χ0n) is 17.0. The van der Waals surface area contributed by atoms with Crippen LogP contribution in [0.15, 0.2) is 54.6 Å². The molecule has 0 aromatic heterocycles. The first-order chi connectivity index (χ1) is 13.8. The number of nitrogens with zero attached hydrogens (tertiary/aromatic N) is 1. The van der Waals surface area contributed by atoms with Gasteiger partial charge in [-0.2, -0.15) is 0 Å². The Labute approximate surface area is 171 Å². The Morgan fingerprint density at radius 3 is 2.07 bits per heavy atom. The van der Waals surface area contributed by atoms with Crippen molar-refractivity contribution in [3.8, 4) is 0 Å². The molecule has 1 fully saturated rings. The summed E-state index contributed by atoms with van der Waals surface area (Å²) in [6.07, 6.45) is 0.576. The predicted molar refractivity (Wildman–Crippen MR) is 113 cm³/mol. The molecule has 0 spiro atoms. The SMILES string of the molecule is CC(=O)Nc1ccc(NC(=O)C2CC2C(=O)N(Cc2ccccc2)C(C)C)cc1. The van der Waals surface area contributed by atoms with Gasteiger partial charge in [0.25, 0.3) is 0 Å². The van der Waals surface area contributed by atoms with E-state index in [1.165, 1.54) is 6.92 Å². The van der Waals surface area contributed by atoms with E-state index >= 15 is 0 Å². The van der Waals surface area contributed by atoms with Crippen molar-refractivity contribution in [3.05, 3.63) is 60.2 Å². The second-order valence-electron chi connectivity index (χ2n) is 7.74. The second kappa shape index (κ2) is 8.90. The highest BCUT2D eigenvalue weighted by Gasteiger charge is 2.49. The summed E-state index contributed by atoms with van der Waals surface area (Å²) in [7, 11) is 0. The van der Waals surface area contributed by atoms with Crippen molar-refractivity contribution in [2.75, 3.05) is 10.6 Å². The van der Waals surface area contributed by atoms with Crippen molar-refractivity contribution in [2.24, 2.45) is 11.8 Å². The van der Waals surface area contributed by atoms with Gasteiger partial charge in [-0.15, -0.1) is 0 Å². The Kier molecular flexibility index (Phi) is 6.32. The third-order valence-corrected chi connectivity index (χ3v) is 5.02. The largest absolute Gasteiger partial charge is 0.336 e. The van der Waals surface area contributed by atoms with E-state index in [0.717, 1.165) is 5.56 Å². The third kappa shape index (κ3) is 5.44. The summed E-state index contributed by atoms with van der Waals surface area (Å²) >= 11 is 0. The van der Waals surface area contributed by atoms with E-state index in [2.05, 4.69) is 10.6 Å². The lowest BCUT2D eigenvalue weighted by atomic mass is 10.1. The van der Waals surface area contributed by atoms with Crippen molar-refractivity contribution < 1.29 is 14.4 Å². The molecule has 3 rings (SSSR count). The zero-order valence-corrected chi connectivity index (χ0v) is 17.0. The van der Waals surface area contributed by atoms with Crippen molar-refractivity contribution >= 4 is 29.1 Å². The van der Waals surface area contributed by atoms with Crippen molar-refractivity contribution in [1.82, 2.24) is 4.90 Å². The number of amides is 3. The summed E-state index contributed by atoms with van der Waals surface area (Å²) in [5.74, 6) is -0.815. The van der Waals surface area contributed by atoms with Gasteiger partial charge in [0, 0.05) is 30.9 Å². The number of hydrogen-bond donors (Lipinski definition) is 2. The minimum atomic E-state index is -0.297. The summed E-state index contributed by atoms with van der Waals surface area (Å²) in [5, 5.41) is 5.55. The Morgan fingerprint density at radius 2 is 1.52 bits per heavy atom. The summed E-state index contributed by atoms with van der Waals surface area (Å²) in [6, 6.07) is 16.9. The molecule has 0 bridgehead atoms. The molecule has 2 N–H and O–H groups in total. The first-order valence-corrected chi connectivity index (χ1v) is 9.88. The van der Waals surface area contributed by atoms with E-state index in [1.54, 1.807) is 24.3 Å². The minimum Gasteiger partial charge on any atom is -0.336 e. The summed E-state index contributed by atoms with van der Waals surface area (Å²) in [6.45, 7) is 5.98. The number of carbonyl (C=O) groups is 3. The maximum atomic E-state index is 13.0. The van der Waals surface area contributed by atoms with E-state index in [0.29, 0.717) is 24.3 Å². The second-order valence-corrected chi connectivity index (χ2v) is 7.74. The minimum absolute atomic E-state index is 0.0324. The average molecular weight is 393 g/mol. The quantitative estimate of drug-likeness (QED) is 0.754. The van der Waals surface area contributed by atoms with E-state index < -0.39 is 0 Å². The van der Waals surface area contributed by atoms with Gasteiger partial charge in [0.2, 0.25) is 17.7 Å². The standard InChI is InChI=1S/C23H27N3O3/c1-15(2)26(14-17-7-5-4-6-8-17)23(29)21-13-20(21)22(28)25-19-11-9-18(10-12-19)24-16(3)27/h4-12,15,20-21H,13-14H2,1-3H3,(H,24,27)(H,25,28). The van der Waals surface area contributed by atoms with Crippen LogP contribution in [0.3, 0.4) is 0 Å². The lowest BCUT2D eigenvalue weighted by Gasteiger charge is -2.27. The molecule has 3 amide bonds. The van der Waals surface area contributed by atoms with Gasteiger partial charge in [-0.25, -0.2) is 0 Å². The Balaban J connectivity index is 1.57. The molecular weight excluding hydrogens is 366 g/mol. The summed E-state index contributed by atoms with van der Waals surface area (Å²) in [5.41, 5.74) is 2.39. The molecule has 1 aliphatic rings. The van der Waals surface area contributed by atoms with Crippen LogP contribution >= 0.6 is 0 Å². The zero-order chi connectivity index (χ0) is 21.0. The molecule has 2 aromatic rings. The molecule has 0 aliphatic heterocycles. The van der Waals surface area contributed by atoms with Crippen LogP contribution in [0, 0.1) is 11.8 Å². The number of hydrogen-bond acceptors (Lipinski definition) is 3. The number of benzene rings is 2. The van der Waals surface area contributed by atoms with Crippen molar-refractivity contribution in [1.29, 1.82) is 0 Å². The first-order valence-electron chi connectivity index (χ1n) is 9.88. The summed E-state index contributed by atoms with van der Waals surface area (Å²) < 4.78 is 0. The van der Waals surface area contributed by atoms with E-state index in [9.17, 15) is 14.4 Å². The fourth-order valence-corrected chi connectivity index (χ4v) is 3.34. The van der Waals surface area contributed by atoms with Gasteiger partial charge in [0.15, 0.2) is 0 Å². The normalized spacial score (nSPS) is 17.5. The van der Waals surface area contributed by atoms with Gasteiger partial charge in [-0.3, -0.25) is 14.4 Å². The fourth-order valence-electron chi connectivity index (χ4n) is 3.34. The summed E-state index contributed by atoms with van der Waals surface area (Å²) in [4.78, 5) is 38.4. The fraction of sp³-hybridized carbons (Fsp3) is 0.348. The number of carbonyl (C=O) groups excluding carboxylic acids is 3. The molecule has 152 valence electrons. The maximum Gasteiger partial charge on any atom is 0.228 e. The Morgan fingerprint density at radius 1 is 0.931 bits per heavy atom. The van der Waals surface area contributed by atoms with Gasteiger partial charge >= 0.3 is 0 Å². The van der Waals surface area contributed by atoms with Gasteiger partial charge in [-0.05, 0) is 50.1 Å². The topological polar surface area (TPSA) is 78.5 Å². The Bertz CT molecular complexity index is 878. The molecular formula is C23H27N3O3. The van der Waals surface area contributed by atoms with E-state index in [1.807, 2.05) is 49.1 Å². The van der Waals surface area contributed by atoms with Gasteiger partial charge in [0.1, 0.15) is 0 Å². The molecule has 0 heterocycles. The van der Waals surface area contributed by atoms with Crippen LogP contribution in [0.2, 0.25) is 0 Å². The molecule has 6 heteroatoms. The highest BCUT2D eigenvalue weighted by molar-refractivity contribution is 5.99. The first kappa shape index (κ1) is 20.6. The highest BCUT2D eigenvalue weighted by Crippen LogP contribution is 2.41. The number of anilines is 2. The molecule has 2 atom stereocenters. The van der Waals surface area contributed by atoms with Crippen LogP contribution in [-0.2, 0) is 20.9 Å². The van der Waals surface area contributed by atoms with Crippen molar-refractivity contribution in [2.45, 2.75) is 39.8 Å². The Hall–Kier alpha value is -3.15. The van der Waals surface area contributed by atoms with E-state index in [-0.39, 0.29) is 35.6 Å². The van der Waals surface area contributed by atoms with Crippen LogP contribution in [0.25, 0.3) is 0 Å². The van der Waals surface area contributed by atoms with Gasteiger partial charge < -0.3 is 15.5 Å². The molecule has 2 aromatic carbocycles.